The number of amidine groups is 1. The number of aromatic nitrogens is 3. The van der Waals surface area contributed by atoms with Gasteiger partial charge in [-0.1, -0.05) is 48.2 Å². The van der Waals surface area contributed by atoms with Crippen LogP contribution in [0.15, 0.2) is 89.3 Å². The van der Waals surface area contributed by atoms with Crippen LogP contribution in [0.5, 0.6) is 11.5 Å². The van der Waals surface area contributed by atoms with Crippen molar-refractivity contribution in [3.8, 4) is 28.6 Å². The van der Waals surface area contributed by atoms with Crippen molar-refractivity contribution in [2.24, 2.45) is 10.2 Å². The van der Waals surface area contributed by atoms with E-state index in [9.17, 15) is 26.7 Å². The van der Waals surface area contributed by atoms with Gasteiger partial charge >= 0.3 is 13.0 Å². The molecular formula is C27H19F5N6O3S. The third-order valence-corrected chi connectivity index (χ3v) is 6.59. The highest BCUT2D eigenvalue weighted by Gasteiger charge is 2.31. The van der Waals surface area contributed by atoms with E-state index in [4.69, 9.17) is 0 Å². The SMILES string of the molecule is O=C1CCS/C(=N\N=C\c2ccc(-c3ncn(-c4ccc(OC(F)(F)F)cc4)n3)cc2)N1c1ccccc1OC(F)F. The minimum absolute atomic E-state index is 0.144. The summed E-state index contributed by atoms with van der Waals surface area (Å²) in [6.45, 7) is -3.06. The highest BCUT2D eigenvalue weighted by atomic mass is 32.2. The lowest BCUT2D eigenvalue weighted by Crippen LogP contribution is -2.39. The minimum atomic E-state index is -4.78. The first kappa shape index (κ1) is 28.7. The van der Waals surface area contributed by atoms with Gasteiger partial charge in [-0.15, -0.1) is 23.4 Å². The Kier molecular flexibility index (Phi) is 8.47. The zero-order valence-electron chi connectivity index (χ0n) is 21.3. The third-order valence-electron chi connectivity index (χ3n) is 5.66. The maximum Gasteiger partial charge on any atom is 0.573 e. The van der Waals surface area contributed by atoms with Crippen LogP contribution < -0.4 is 14.4 Å². The molecule has 1 aliphatic heterocycles. The van der Waals surface area contributed by atoms with E-state index in [-0.39, 0.29) is 34.7 Å². The summed E-state index contributed by atoms with van der Waals surface area (Å²) in [5.41, 5.74) is 1.97. The van der Waals surface area contributed by atoms with Gasteiger partial charge in [0.2, 0.25) is 5.91 Å². The summed E-state index contributed by atoms with van der Waals surface area (Å²) in [7, 11) is 0. The van der Waals surface area contributed by atoms with Crippen molar-refractivity contribution in [1.29, 1.82) is 0 Å². The molecule has 5 rings (SSSR count). The van der Waals surface area contributed by atoms with Crippen molar-refractivity contribution in [3.63, 3.8) is 0 Å². The van der Waals surface area contributed by atoms with Gasteiger partial charge in [-0.05, 0) is 42.0 Å². The summed E-state index contributed by atoms with van der Waals surface area (Å²) >= 11 is 1.26. The molecule has 15 heteroatoms. The quantitative estimate of drug-likeness (QED) is 0.134. The van der Waals surface area contributed by atoms with E-state index in [1.807, 2.05) is 0 Å². The summed E-state index contributed by atoms with van der Waals surface area (Å²) in [5, 5.41) is 12.8. The maximum atomic E-state index is 12.9. The van der Waals surface area contributed by atoms with Gasteiger partial charge in [-0.2, -0.15) is 13.9 Å². The molecule has 42 heavy (non-hydrogen) atoms. The van der Waals surface area contributed by atoms with Crippen molar-refractivity contribution >= 4 is 34.7 Å². The Morgan fingerprint density at radius 2 is 1.74 bits per heavy atom. The summed E-state index contributed by atoms with van der Waals surface area (Å²) in [5.74, 6) is 0.0169. The topological polar surface area (TPSA) is 94.2 Å². The van der Waals surface area contributed by atoms with Gasteiger partial charge in [0.25, 0.3) is 0 Å². The Balaban J connectivity index is 1.28. The van der Waals surface area contributed by atoms with E-state index in [2.05, 4.69) is 29.8 Å². The molecule has 4 aromatic rings. The Morgan fingerprint density at radius 1 is 1.00 bits per heavy atom. The summed E-state index contributed by atoms with van der Waals surface area (Å²) in [4.78, 5) is 18.2. The molecule has 1 fully saturated rings. The maximum absolute atomic E-state index is 12.9. The lowest BCUT2D eigenvalue weighted by atomic mass is 10.1. The largest absolute Gasteiger partial charge is 0.573 e. The predicted molar refractivity (Wildman–Crippen MR) is 146 cm³/mol. The number of rotatable bonds is 8. The zero-order valence-corrected chi connectivity index (χ0v) is 22.1. The van der Waals surface area contributed by atoms with Crippen molar-refractivity contribution in [2.45, 2.75) is 19.4 Å². The summed E-state index contributed by atoms with van der Waals surface area (Å²) < 4.78 is 72.8. The molecule has 216 valence electrons. The van der Waals surface area contributed by atoms with E-state index in [0.29, 0.717) is 28.4 Å². The first-order valence-electron chi connectivity index (χ1n) is 12.2. The second-order valence-corrected chi connectivity index (χ2v) is 9.54. The molecule has 0 N–H and O–H groups in total. The van der Waals surface area contributed by atoms with Crippen molar-refractivity contribution < 1.29 is 36.2 Å². The fourth-order valence-corrected chi connectivity index (χ4v) is 4.74. The normalized spacial score (nSPS) is 15.1. The lowest BCUT2D eigenvalue weighted by molar-refractivity contribution is -0.274. The van der Waals surface area contributed by atoms with Gasteiger partial charge < -0.3 is 9.47 Å². The monoisotopic (exact) mass is 602 g/mol. The van der Waals surface area contributed by atoms with Gasteiger partial charge in [0.15, 0.2) is 11.0 Å². The van der Waals surface area contributed by atoms with Crippen LogP contribution in [0.2, 0.25) is 0 Å². The van der Waals surface area contributed by atoms with E-state index < -0.39 is 13.0 Å². The van der Waals surface area contributed by atoms with Crippen molar-refractivity contribution in [1.82, 2.24) is 14.8 Å². The number of thioether (sulfide) groups is 1. The molecule has 0 saturated carbocycles. The number of benzene rings is 3. The Labute approximate surface area is 239 Å². The highest BCUT2D eigenvalue weighted by molar-refractivity contribution is 8.14. The molecule has 2 heterocycles. The van der Waals surface area contributed by atoms with Gasteiger partial charge in [-0.25, -0.2) is 9.67 Å². The van der Waals surface area contributed by atoms with Gasteiger partial charge in [-0.3, -0.25) is 9.69 Å². The number of carbonyl (C=O) groups is 1. The Morgan fingerprint density at radius 3 is 2.45 bits per heavy atom. The molecule has 1 amide bonds. The number of para-hydroxylation sites is 2. The van der Waals surface area contributed by atoms with Crippen LogP contribution in [0.4, 0.5) is 27.6 Å². The average Bonchev–Trinajstić information content (AvgIpc) is 3.44. The second-order valence-electron chi connectivity index (χ2n) is 8.48. The van der Waals surface area contributed by atoms with Crippen LogP contribution in [0, 0.1) is 0 Å². The number of nitrogens with zero attached hydrogens (tertiary/aromatic N) is 6. The fourth-order valence-electron chi connectivity index (χ4n) is 3.84. The number of hydrogen-bond acceptors (Lipinski definition) is 8. The molecule has 0 radical (unpaired) electrons. The number of alkyl halides is 5. The van der Waals surface area contributed by atoms with Gasteiger partial charge in [0.1, 0.15) is 17.8 Å². The van der Waals surface area contributed by atoms with Gasteiger partial charge in [0, 0.05) is 17.7 Å². The average molecular weight is 603 g/mol. The van der Waals surface area contributed by atoms with Gasteiger partial charge in [0.05, 0.1) is 17.6 Å². The molecule has 1 saturated heterocycles. The Bertz CT molecular complexity index is 1610. The number of ether oxygens (including phenoxy) is 2. The van der Waals surface area contributed by atoms with Crippen LogP contribution in [0.25, 0.3) is 17.1 Å². The molecule has 0 aliphatic carbocycles. The number of carbonyl (C=O) groups excluding carboxylic acids is 1. The standard InChI is InChI=1S/C27H19F5N6O3S/c28-25(29)40-22-4-2-1-3-21(22)38-23(39)13-14-42-26(38)35-34-15-17-5-7-18(8-6-17)24-33-16-37(36-24)19-9-11-20(12-10-19)41-27(30,31)32/h1-12,15-16,25H,13-14H2/b34-15+,35-26-. The molecular weight excluding hydrogens is 583 g/mol. The van der Waals surface area contributed by atoms with Crippen LogP contribution in [-0.2, 0) is 4.79 Å². The number of halogens is 5. The fraction of sp³-hybridized carbons (Fsp3) is 0.148. The molecule has 0 spiro atoms. The highest BCUT2D eigenvalue weighted by Crippen LogP contribution is 2.34. The van der Waals surface area contributed by atoms with Crippen molar-refractivity contribution in [2.75, 3.05) is 10.7 Å². The van der Waals surface area contributed by atoms with Crippen LogP contribution >= 0.6 is 11.8 Å². The first-order chi connectivity index (χ1) is 20.2. The zero-order chi connectivity index (χ0) is 29.7. The van der Waals surface area contributed by atoms with E-state index in [1.165, 1.54) is 76.4 Å². The number of amides is 1. The molecule has 0 unspecified atom stereocenters. The molecule has 3 aromatic carbocycles. The number of anilines is 1. The van der Waals surface area contributed by atoms with Crippen LogP contribution in [0.1, 0.15) is 12.0 Å². The summed E-state index contributed by atoms with van der Waals surface area (Å²) in [6.07, 6.45) is -1.69. The molecule has 1 aromatic heterocycles. The molecule has 0 atom stereocenters. The molecule has 0 bridgehead atoms. The lowest BCUT2D eigenvalue weighted by Gasteiger charge is -2.28. The van der Waals surface area contributed by atoms with Crippen LogP contribution in [0.3, 0.4) is 0 Å². The first-order valence-corrected chi connectivity index (χ1v) is 13.1. The molecule has 9 nitrogen and oxygen atoms in total. The minimum Gasteiger partial charge on any atom is -0.433 e. The predicted octanol–water partition coefficient (Wildman–Crippen LogP) is 6.29. The van der Waals surface area contributed by atoms with E-state index >= 15 is 0 Å². The third kappa shape index (κ3) is 7.09. The molecule has 1 aliphatic rings. The summed E-state index contributed by atoms with van der Waals surface area (Å²) in [6, 6.07) is 18.1. The van der Waals surface area contributed by atoms with E-state index in [0.717, 1.165) is 0 Å². The smallest absolute Gasteiger partial charge is 0.433 e. The second kappa shape index (κ2) is 12.4. The van der Waals surface area contributed by atoms with Crippen molar-refractivity contribution in [3.05, 3.63) is 84.7 Å². The number of hydrogen-bond donors (Lipinski definition) is 0. The van der Waals surface area contributed by atoms with Crippen LogP contribution in [-0.4, -0.2) is 50.8 Å². The van der Waals surface area contributed by atoms with E-state index in [1.54, 1.807) is 30.3 Å². The Hall–Kier alpha value is -4.79.